The normalized spacial score (nSPS) is 12.6. The van der Waals surface area contributed by atoms with Crippen molar-refractivity contribution in [2.45, 2.75) is 38.1 Å². The Labute approximate surface area is 167 Å². The summed E-state index contributed by atoms with van der Waals surface area (Å²) < 4.78 is 3.78. The summed E-state index contributed by atoms with van der Waals surface area (Å²) in [6.07, 6.45) is 0. The Morgan fingerprint density at radius 2 is 1.93 bits per heavy atom. The van der Waals surface area contributed by atoms with Gasteiger partial charge in [-0.3, -0.25) is 13.9 Å². The highest BCUT2D eigenvalue weighted by atomic mass is 32.2. The van der Waals surface area contributed by atoms with Crippen molar-refractivity contribution < 1.29 is 4.79 Å². The Kier molecular flexibility index (Phi) is 4.58. The van der Waals surface area contributed by atoms with E-state index >= 15 is 0 Å². The van der Waals surface area contributed by atoms with E-state index in [1.165, 1.54) is 11.8 Å². The molecule has 0 radical (unpaired) electrons. The number of amides is 1. The number of hydrogen-bond donors (Lipinski definition) is 1. The molecule has 4 rings (SSSR count). The fourth-order valence-electron chi connectivity index (χ4n) is 3.34. The number of aryl methyl sites for hydroxylation is 3. The van der Waals surface area contributed by atoms with Crippen molar-refractivity contribution in [3.63, 3.8) is 0 Å². The van der Waals surface area contributed by atoms with E-state index in [4.69, 9.17) is 0 Å². The molecule has 3 heterocycles. The molecule has 0 aliphatic carbocycles. The average Bonchev–Trinajstić information content (AvgIpc) is 3.17. The number of benzene rings is 1. The van der Waals surface area contributed by atoms with E-state index in [0.717, 1.165) is 39.2 Å². The second kappa shape index (κ2) is 6.94. The van der Waals surface area contributed by atoms with Crippen LogP contribution in [0, 0.1) is 20.8 Å². The summed E-state index contributed by atoms with van der Waals surface area (Å²) in [5.74, 6) is -0.0858. The van der Waals surface area contributed by atoms with Crippen molar-refractivity contribution >= 4 is 39.9 Å². The minimum Gasteiger partial charge on any atom is -0.322 e. The predicted molar refractivity (Wildman–Crippen MR) is 112 cm³/mol. The molecule has 1 unspecified atom stereocenters. The molecule has 0 saturated carbocycles. The first-order chi connectivity index (χ1) is 13.4. The first kappa shape index (κ1) is 18.5. The summed E-state index contributed by atoms with van der Waals surface area (Å²) in [4.78, 5) is 12.8. The molecule has 1 N–H and O–H groups in total. The number of thioether (sulfide) groups is 1. The van der Waals surface area contributed by atoms with Gasteiger partial charge in [0.2, 0.25) is 5.91 Å². The molecule has 0 spiro atoms. The van der Waals surface area contributed by atoms with E-state index in [0.29, 0.717) is 5.16 Å². The molecule has 0 fully saturated rings. The molecular weight excluding hydrogens is 372 g/mol. The fourth-order valence-corrected chi connectivity index (χ4v) is 4.21. The van der Waals surface area contributed by atoms with Gasteiger partial charge in [0.25, 0.3) is 0 Å². The second-order valence-electron chi connectivity index (χ2n) is 6.94. The van der Waals surface area contributed by atoms with Gasteiger partial charge in [0, 0.05) is 12.4 Å². The van der Waals surface area contributed by atoms with Crippen molar-refractivity contribution in [1.29, 1.82) is 0 Å². The van der Waals surface area contributed by atoms with Crippen LogP contribution in [-0.2, 0) is 11.8 Å². The molecule has 3 aromatic heterocycles. The lowest BCUT2D eigenvalue weighted by Gasteiger charge is -2.12. The largest absolute Gasteiger partial charge is 0.322 e. The molecular formula is C20H22N6OS. The molecule has 7 nitrogen and oxygen atoms in total. The molecule has 0 bridgehead atoms. The summed E-state index contributed by atoms with van der Waals surface area (Å²) in [7, 11) is 1.87. The summed E-state index contributed by atoms with van der Waals surface area (Å²) in [6.45, 7) is 7.77. The third kappa shape index (κ3) is 3.03. The van der Waals surface area contributed by atoms with Gasteiger partial charge < -0.3 is 5.32 Å². The molecule has 1 atom stereocenters. The Balaban J connectivity index is 1.64. The smallest absolute Gasteiger partial charge is 0.237 e. The van der Waals surface area contributed by atoms with Crippen LogP contribution in [0.5, 0.6) is 0 Å². The van der Waals surface area contributed by atoms with Crippen LogP contribution in [0.15, 0.2) is 35.5 Å². The van der Waals surface area contributed by atoms with Gasteiger partial charge in [0.1, 0.15) is 0 Å². The topological polar surface area (TPSA) is 77.1 Å². The van der Waals surface area contributed by atoms with E-state index < -0.39 is 0 Å². The van der Waals surface area contributed by atoms with Crippen LogP contribution < -0.4 is 5.32 Å². The number of nitrogens with one attached hydrogen (secondary N) is 1. The standard InChI is InChI=1S/C20H22N6OS/c1-11-10-17-22-23-20(26(17)16-9-7-6-8-15(11)16)28-14(4)19(27)21-18-12(2)24-25(5)13(18)3/h6-10,14H,1-5H3,(H,21,27). The molecule has 144 valence electrons. The number of hydrogen-bond acceptors (Lipinski definition) is 5. The zero-order valence-electron chi connectivity index (χ0n) is 16.5. The Morgan fingerprint density at radius 1 is 1.18 bits per heavy atom. The zero-order valence-corrected chi connectivity index (χ0v) is 17.3. The Hall–Kier alpha value is -2.87. The van der Waals surface area contributed by atoms with Crippen LogP contribution >= 0.6 is 11.8 Å². The maximum absolute atomic E-state index is 12.8. The van der Waals surface area contributed by atoms with Gasteiger partial charge in [-0.1, -0.05) is 30.0 Å². The predicted octanol–water partition coefficient (Wildman–Crippen LogP) is 3.66. The minimum absolute atomic E-state index is 0.0858. The second-order valence-corrected chi connectivity index (χ2v) is 8.25. The van der Waals surface area contributed by atoms with Crippen molar-refractivity contribution in [1.82, 2.24) is 24.4 Å². The molecule has 8 heteroatoms. The Bertz CT molecular complexity index is 1210. The number of fused-ring (bicyclic) bond motifs is 3. The van der Waals surface area contributed by atoms with Crippen LogP contribution in [0.2, 0.25) is 0 Å². The van der Waals surface area contributed by atoms with Gasteiger partial charge in [0.05, 0.1) is 27.8 Å². The average molecular weight is 395 g/mol. The van der Waals surface area contributed by atoms with Crippen LogP contribution in [0.25, 0.3) is 16.6 Å². The summed E-state index contributed by atoms with van der Waals surface area (Å²) in [5, 5.41) is 17.5. The number of rotatable bonds is 4. The van der Waals surface area contributed by atoms with Crippen molar-refractivity contribution in [2.24, 2.45) is 7.05 Å². The lowest BCUT2D eigenvalue weighted by molar-refractivity contribution is -0.115. The van der Waals surface area contributed by atoms with Crippen LogP contribution in [0.3, 0.4) is 0 Å². The molecule has 0 saturated heterocycles. The summed E-state index contributed by atoms with van der Waals surface area (Å²) in [6, 6.07) is 10.2. The molecule has 0 aliphatic rings. The summed E-state index contributed by atoms with van der Waals surface area (Å²) in [5.41, 5.74) is 5.48. The van der Waals surface area contributed by atoms with Crippen molar-refractivity contribution in [3.05, 3.63) is 47.3 Å². The molecule has 4 aromatic rings. The third-order valence-corrected chi connectivity index (χ3v) is 6.03. The Morgan fingerprint density at radius 3 is 2.64 bits per heavy atom. The van der Waals surface area contributed by atoms with Crippen molar-refractivity contribution in [2.75, 3.05) is 5.32 Å². The highest BCUT2D eigenvalue weighted by Crippen LogP contribution is 2.29. The minimum atomic E-state index is -0.341. The van der Waals surface area contributed by atoms with Crippen LogP contribution in [0.1, 0.15) is 23.9 Å². The van der Waals surface area contributed by atoms with Gasteiger partial charge in [-0.2, -0.15) is 5.10 Å². The first-order valence-corrected chi connectivity index (χ1v) is 9.96. The van der Waals surface area contributed by atoms with E-state index in [2.05, 4.69) is 39.7 Å². The SMILES string of the molecule is Cc1nn(C)c(C)c1NC(=O)C(C)Sc1nnc2cc(C)c3ccccc3n12. The number of aromatic nitrogens is 5. The number of para-hydroxylation sites is 1. The number of nitrogens with zero attached hydrogens (tertiary/aromatic N) is 5. The van der Waals surface area contributed by atoms with E-state index in [1.807, 2.05) is 50.4 Å². The number of anilines is 1. The summed E-state index contributed by atoms with van der Waals surface area (Å²) >= 11 is 1.40. The molecule has 0 aliphatic heterocycles. The third-order valence-electron chi connectivity index (χ3n) is 4.98. The number of carbonyl (C=O) groups is 1. The van der Waals surface area contributed by atoms with Crippen LogP contribution in [-0.4, -0.2) is 35.5 Å². The lowest BCUT2D eigenvalue weighted by atomic mass is 10.1. The maximum Gasteiger partial charge on any atom is 0.237 e. The zero-order chi connectivity index (χ0) is 20.0. The van der Waals surface area contributed by atoms with E-state index in [1.54, 1.807) is 4.68 Å². The highest BCUT2D eigenvalue weighted by molar-refractivity contribution is 8.00. The fraction of sp³-hybridized carbons (Fsp3) is 0.300. The van der Waals surface area contributed by atoms with E-state index in [9.17, 15) is 4.79 Å². The van der Waals surface area contributed by atoms with E-state index in [-0.39, 0.29) is 11.2 Å². The maximum atomic E-state index is 12.8. The van der Waals surface area contributed by atoms with Gasteiger partial charge in [-0.15, -0.1) is 10.2 Å². The van der Waals surface area contributed by atoms with Gasteiger partial charge >= 0.3 is 0 Å². The van der Waals surface area contributed by atoms with Crippen LogP contribution in [0.4, 0.5) is 5.69 Å². The molecule has 1 aromatic carbocycles. The van der Waals surface area contributed by atoms with Crippen molar-refractivity contribution in [3.8, 4) is 0 Å². The monoisotopic (exact) mass is 394 g/mol. The van der Waals surface area contributed by atoms with Gasteiger partial charge in [0.15, 0.2) is 10.8 Å². The lowest BCUT2D eigenvalue weighted by Crippen LogP contribution is -2.23. The highest BCUT2D eigenvalue weighted by Gasteiger charge is 2.21. The van der Waals surface area contributed by atoms with Gasteiger partial charge in [-0.05, 0) is 45.4 Å². The quantitative estimate of drug-likeness (QED) is 0.535. The molecule has 28 heavy (non-hydrogen) atoms. The number of pyridine rings is 1. The van der Waals surface area contributed by atoms with Gasteiger partial charge in [-0.25, -0.2) is 0 Å². The molecule has 1 amide bonds. The first-order valence-electron chi connectivity index (χ1n) is 9.08. The number of carbonyl (C=O) groups excluding carboxylic acids is 1.